The molecule has 0 saturated heterocycles. The van der Waals surface area contributed by atoms with Gasteiger partial charge in [-0.25, -0.2) is 4.98 Å². The summed E-state index contributed by atoms with van der Waals surface area (Å²) in [6, 6.07) is 8.50. The first-order chi connectivity index (χ1) is 15.4. The van der Waals surface area contributed by atoms with E-state index in [9.17, 15) is 4.79 Å². The lowest BCUT2D eigenvalue weighted by molar-refractivity contribution is -0.148. The zero-order valence-electron chi connectivity index (χ0n) is 19.5. The van der Waals surface area contributed by atoms with Gasteiger partial charge in [-0.05, 0) is 73.8 Å². The Balaban J connectivity index is 1.30. The zero-order valence-corrected chi connectivity index (χ0v) is 19.5. The van der Waals surface area contributed by atoms with Gasteiger partial charge in [0.25, 0.3) is 0 Å². The Labute approximate surface area is 190 Å². The van der Waals surface area contributed by atoms with Gasteiger partial charge in [0, 0.05) is 24.5 Å². The SMILES string of the molecule is CC(=O)O[C@@H]1CC[C@@]2(C)C(=CC[C@@H]3[C@@H]2CC[C@]2(C)C(n4cnc5ccccc54)=CC[C@@H]32)C1. The number of carbonyl (C=O) groups is 1. The van der Waals surface area contributed by atoms with E-state index in [0.29, 0.717) is 5.92 Å². The molecule has 1 heterocycles. The molecule has 4 heteroatoms. The molecule has 0 N–H and O–H groups in total. The van der Waals surface area contributed by atoms with Gasteiger partial charge >= 0.3 is 5.97 Å². The summed E-state index contributed by atoms with van der Waals surface area (Å²) >= 11 is 0. The number of rotatable bonds is 2. The predicted octanol–water partition coefficient (Wildman–Crippen LogP) is 6.38. The summed E-state index contributed by atoms with van der Waals surface area (Å²) < 4.78 is 7.97. The summed E-state index contributed by atoms with van der Waals surface area (Å²) in [6.07, 6.45) is 15.1. The van der Waals surface area contributed by atoms with Crippen LogP contribution in [0.2, 0.25) is 0 Å². The van der Waals surface area contributed by atoms with Crippen molar-refractivity contribution in [3.8, 4) is 0 Å². The van der Waals surface area contributed by atoms with Crippen molar-refractivity contribution in [2.24, 2.45) is 28.6 Å². The molecule has 4 nitrogen and oxygen atoms in total. The largest absolute Gasteiger partial charge is 0.462 e. The fraction of sp³-hybridized carbons (Fsp3) is 0.571. The van der Waals surface area contributed by atoms with Gasteiger partial charge in [0.15, 0.2) is 0 Å². The van der Waals surface area contributed by atoms with E-state index < -0.39 is 0 Å². The van der Waals surface area contributed by atoms with E-state index in [2.05, 4.69) is 59.8 Å². The van der Waals surface area contributed by atoms with Crippen LogP contribution in [0.15, 0.2) is 48.3 Å². The number of hydrogen-bond donors (Lipinski definition) is 0. The third-order valence-electron chi connectivity index (χ3n) is 9.64. The third-order valence-corrected chi connectivity index (χ3v) is 9.64. The van der Waals surface area contributed by atoms with Crippen molar-refractivity contribution in [3.05, 3.63) is 48.3 Å². The maximum atomic E-state index is 11.5. The second kappa shape index (κ2) is 7.07. The number of aromatic nitrogens is 2. The molecule has 1 aromatic carbocycles. The van der Waals surface area contributed by atoms with Crippen molar-refractivity contribution in [1.82, 2.24) is 9.55 Å². The summed E-state index contributed by atoms with van der Waals surface area (Å²) in [7, 11) is 0. The van der Waals surface area contributed by atoms with Crippen molar-refractivity contribution < 1.29 is 9.53 Å². The van der Waals surface area contributed by atoms with E-state index in [1.54, 1.807) is 5.57 Å². The molecule has 6 rings (SSSR count). The van der Waals surface area contributed by atoms with Crippen LogP contribution in [0.25, 0.3) is 16.7 Å². The lowest BCUT2D eigenvalue weighted by Gasteiger charge is -2.57. The molecule has 32 heavy (non-hydrogen) atoms. The fourth-order valence-electron chi connectivity index (χ4n) is 8.03. The molecule has 0 amide bonds. The Morgan fingerprint density at radius 3 is 2.72 bits per heavy atom. The Morgan fingerprint density at radius 2 is 1.88 bits per heavy atom. The number of fused-ring (bicyclic) bond motifs is 6. The quantitative estimate of drug-likeness (QED) is 0.410. The van der Waals surface area contributed by atoms with Gasteiger partial charge in [-0.3, -0.25) is 4.79 Å². The fourth-order valence-corrected chi connectivity index (χ4v) is 8.03. The Morgan fingerprint density at radius 1 is 1.06 bits per heavy atom. The van der Waals surface area contributed by atoms with Crippen LogP contribution in [0.5, 0.6) is 0 Å². The molecule has 6 atom stereocenters. The normalized spacial score (nSPS) is 38.3. The van der Waals surface area contributed by atoms with E-state index in [-0.39, 0.29) is 22.9 Å². The lowest BCUT2D eigenvalue weighted by atomic mass is 9.47. The van der Waals surface area contributed by atoms with Gasteiger partial charge < -0.3 is 9.30 Å². The summed E-state index contributed by atoms with van der Waals surface area (Å²) in [5, 5.41) is 0. The molecular weight excluding hydrogens is 396 g/mol. The van der Waals surface area contributed by atoms with Crippen LogP contribution in [0.4, 0.5) is 0 Å². The summed E-state index contributed by atoms with van der Waals surface area (Å²) in [5.74, 6) is 2.03. The molecule has 0 unspecified atom stereocenters. The van der Waals surface area contributed by atoms with Crippen LogP contribution in [-0.2, 0) is 9.53 Å². The maximum absolute atomic E-state index is 11.5. The standard InChI is InChI=1S/C28H34N2O2/c1-18(31)32-20-12-14-27(2)19(16-20)8-9-21-22-10-11-26(28(22,3)15-13-23(21)27)30-17-29-24-6-4-5-7-25(24)30/h4-8,11,17,20-23H,9-10,12-16H2,1-3H3/t20-,21+,22+,23+,27+,28+/m1/s1. The monoisotopic (exact) mass is 430 g/mol. The first-order valence-electron chi connectivity index (χ1n) is 12.4. The molecule has 0 spiro atoms. The highest BCUT2D eigenvalue weighted by atomic mass is 16.5. The zero-order chi connectivity index (χ0) is 22.1. The number of ether oxygens (including phenoxy) is 1. The van der Waals surface area contributed by atoms with Crippen LogP contribution in [0.1, 0.15) is 65.7 Å². The lowest BCUT2D eigenvalue weighted by Crippen LogP contribution is -2.50. The Hall–Kier alpha value is -2.36. The van der Waals surface area contributed by atoms with E-state index in [0.717, 1.165) is 36.6 Å². The number of para-hydroxylation sites is 2. The van der Waals surface area contributed by atoms with E-state index >= 15 is 0 Å². The average molecular weight is 431 g/mol. The van der Waals surface area contributed by atoms with Gasteiger partial charge in [-0.1, -0.05) is 43.7 Å². The van der Waals surface area contributed by atoms with Crippen LogP contribution in [-0.4, -0.2) is 21.6 Å². The van der Waals surface area contributed by atoms with Crippen molar-refractivity contribution in [3.63, 3.8) is 0 Å². The number of allylic oxidation sites excluding steroid dienone is 3. The van der Waals surface area contributed by atoms with Crippen molar-refractivity contribution >= 4 is 22.7 Å². The second-order valence-corrected chi connectivity index (χ2v) is 11.1. The van der Waals surface area contributed by atoms with E-state index in [1.807, 2.05) is 6.33 Å². The van der Waals surface area contributed by atoms with Gasteiger partial charge in [0.1, 0.15) is 12.4 Å². The Bertz CT molecular complexity index is 1140. The van der Waals surface area contributed by atoms with E-state index in [1.165, 1.54) is 43.8 Å². The third kappa shape index (κ3) is 2.80. The minimum Gasteiger partial charge on any atom is -0.462 e. The number of carbonyl (C=O) groups excluding carboxylic acids is 1. The van der Waals surface area contributed by atoms with Gasteiger partial charge in [0.05, 0.1) is 11.0 Å². The topological polar surface area (TPSA) is 44.1 Å². The number of nitrogens with zero attached hydrogens (tertiary/aromatic N) is 2. The van der Waals surface area contributed by atoms with Gasteiger partial charge in [-0.2, -0.15) is 0 Å². The smallest absolute Gasteiger partial charge is 0.302 e. The summed E-state index contributed by atoms with van der Waals surface area (Å²) in [4.78, 5) is 16.2. The molecule has 168 valence electrons. The molecule has 0 radical (unpaired) electrons. The molecule has 4 aliphatic carbocycles. The highest BCUT2D eigenvalue weighted by Gasteiger charge is 2.57. The molecule has 0 bridgehead atoms. The van der Waals surface area contributed by atoms with Crippen LogP contribution < -0.4 is 0 Å². The first-order valence-corrected chi connectivity index (χ1v) is 12.4. The molecule has 4 aliphatic rings. The second-order valence-electron chi connectivity index (χ2n) is 11.1. The molecule has 0 aliphatic heterocycles. The van der Waals surface area contributed by atoms with Crippen LogP contribution in [0.3, 0.4) is 0 Å². The minimum atomic E-state index is -0.141. The van der Waals surface area contributed by atoms with Gasteiger partial charge in [-0.15, -0.1) is 0 Å². The number of imidazole rings is 1. The van der Waals surface area contributed by atoms with Crippen LogP contribution >= 0.6 is 0 Å². The average Bonchev–Trinajstić information content (AvgIpc) is 3.34. The molecule has 1 aromatic heterocycles. The highest BCUT2D eigenvalue weighted by Crippen LogP contribution is 2.65. The van der Waals surface area contributed by atoms with Crippen molar-refractivity contribution in [1.29, 1.82) is 0 Å². The summed E-state index contributed by atoms with van der Waals surface area (Å²) in [6.45, 7) is 6.56. The van der Waals surface area contributed by atoms with E-state index in [4.69, 9.17) is 4.74 Å². The van der Waals surface area contributed by atoms with Gasteiger partial charge in [0.2, 0.25) is 0 Å². The van der Waals surface area contributed by atoms with Crippen LogP contribution in [0, 0.1) is 28.6 Å². The number of hydrogen-bond acceptors (Lipinski definition) is 3. The molecule has 2 aromatic rings. The molecule has 2 saturated carbocycles. The number of esters is 1. The summed E-state index contributed by atoms with van der Waals surface area (Å²) in [5.41, 5.74) is 5.81. The number of benzene rings is 1. The predicted molar refractivity (Wildman–Crippen MR) is 127 cm³/mol. The minimum absolute atomic E-state index is 0.0755. The van der Waals surface area contributed by atoms with Crippen molar-refractivity contribution in [2.45, 2.75) is 71.8 Å². The Kier molecular flexibility index (Phi) is 4.48. The van der Waals surface area contributed by atoms with Crippen molar-refractivity contribution in [2.75, 3.05) is 0 Å². The molecular formula is C28H34N2O2. The first kappa shape index (κ1) is 20.3. The molecule has 2 fully saturated rings. The highest BCUT2D eigenvalue weighted by molar-refractivity contribution is 5.80. The maximum Gasteiger partial charge on any atom is 0.302 e.